The number of hydrogen-bond donors (Lipinski definition) is 0. The number of ether oxygens (including phenoxy) is 3. The minimum absolute atomic E-state index is 0.0380. The highest BCUT2D eigenvalue weighted by molar-refractivity contribution is 5.82. The molecule has 0 aromatic heterocycles. The van der Waals surface area contributed by atoms with Crippen LogP contribution in [0.2, 0.25) is 0 Å². The van der Waals surface area contributed by atoms with Gasteiger partial charge in [-0.15, -0.1) is 0 Å². The van der Waals surface area contributed by atoms with Gasteiger partial charge in [-0.3, -0.25) is 19.2 Å². The van der Waals surface area contributed by atoms with Crippen molar-refractivity contribution in [3.8, 4) is 0 Å². The molecular formula is C50H76O7. The maximum atomic E-state index is 13.1. The van der Waals surface area contributed by atoms with Crippen LogP contribution in [-0.2, 0) is 39.0 Å². The average molecular weight is 789 g/mol. The second kappa shape index (κ2) is 24.5. The van der Waals surface area contributed by atoms with Gasteiger partial charge in [0.25, 0.3) is 0 Å². The molecule has 0 fully saturated rings. The fourth-order valence-electron chi connectivity index (χ4n) is 4.44. The summed E-state index contributed by atoms with van der Waals surface area (Å²) in [4.78, 5) is 47.2. The van der Waals surface area contributed by atoms with E-state index >= 15 is 0 Å². The second-order valence-corrected chi connectivity index (χ2v) is 18.6. The van der Waals surface area contributed by atoms with Crippen LogP contribution in [0.3, 0.4) is 0 Å². The first-order valence-electron chi connectivity index (χ1n) is 20.5. The van der Waals surface area contributed by atoms with Gasteiger partial charge in [0.15, 0.2) is 5.60 Å². The van der Waals surface area contributed by atoms with Crippen LogP contribution in [0.4, 0.5) is 0 Å². The predicted molar refractivity (Wildman–Crippen MR) is 235 cm³/mol. The SMILES string of the molecule is CCC(=O)CCC(=O)OC(C)(C)C.CCC(C)(C)C.CCC(C)(C)C.Cc1ccc(C(OC(=O)CCC(=O)OC(C)(C)C)(c2ccccc2)c2ccccc2)cc1. The Labute approximate surface area is 346 Å². The van der Waals surface area contributed by atoms with Crippen molar-refractivity contribution in [1.29, 1.82) is 0 Å². The summed E-state index contributed by atoms with van der Waals surface area (Å²) >= 11 is 0. The maximum absolute atomic E-state index is 13.1. The van der Waals surface area contributed by atoms with E-state index in [1.165, 1.54) is 12.8 Å². The van der Waals surface area contributed by atoms with Gasteiger partial charge in [0.1, 0.15) is 17.0 Å². The Morgan fingerprint density at radius 1 is 0.439 bits per heavy atom. The molecule has 0 saturated heterocycles. The number of carbonyl (C=O) groups is 4. The molecule has 0 aliphatic heterocycles. The number of carbonyl (C=O) groups excluding carboxylic acids is 4. The largest absolute Gasteiger partial charge is 0.460 e. The molecule has 0 N–H and O–H groups in total. The summed E-state index contributed by atoms with van der Waals surface area (Å²) in [6, 6.07) is 27.3. The number of rotatable bonds is 11. The molecule has 0 bridgehead atoms. The molecule has 3 aromatic rings. The first kappa shape index (κ1) is 52.7. The number of benzene rings is 3. The molecule has 0 aliphatic carbocycles. The van der Waals surface area contributed by atoms with Crippen LogP contribution in [-0.4, -0.2) is 34.9 Å². The van der Waals surface area contributed by atoms with E-state index in [9.17, 15) is 19.2 Å². The van der Waals surface area contributed by atoms with E-state index in [0.29, 0.717) is 23.7 Å². The molecule has 7 nitrogen and oxygen atoms in total. The molecule has 318 valence electrons. The van der Waals surface area contributed by atoms with Crippen LogP contribution in [0.1, 0.15) is 171 Å². The summed E-state index contributed by atoms with van der Waals surface area (Å²) in [7, 11) is 0. The van der Waals surface area contributed by atoms with Gasteiger partial charge in [-0.1, -0.05) is 166 Å². The molecule has 0 spiro atoms. The normalized spacial score (nSPS) is 11.6. The Morgan fingerprint density at radius 3 is 1.04 bits per heavy atom. The smallest absolute Gasteiger partial charge is 0.307 e. The van der Waals surface area contributed by atoms with Crippen molar-refractivity contribution in [3.05, 3.63) is 107 Å². The average Bonchev–Trinajstić information content (AvgIpc) is 3.12. The van der Waals surface area contributed by atoms with Gasteiger partial charge in [-0.2, -0.15) is 0 Å². The lowest BCUT2D eigenvalue weighted by Crippen LogP contribution is -2.35. The summed E-state index contributed by atoms with van der Waals surface area (Å²) in [5, 5.41) is 0. The molecule has 0 saturated carbocycles. The zero-order valence-electron chi connectivity index (χ0n) is 38.4. The van der Waals surface area contributed by atoms with Crippen molar-refractivity contribution in [1.82, 2.24) is 0 Å². The summed E-state index contributed by atoms with van der Waals surface area (Å²) in [6.45, 7) is 32.5. The Bertz CT molecular complexity index is 1540. The lowest BCUT2D eigenvalue weighted by Gasteiger charge is -2.35. The van der Waals surface area contributed by atoms with Gasteiger partial charge in [0.05, 0.1) is 19.3 Å². The van der Waals surface area contributed by atoms with E-state index in [1.807, 2.05) is 113 Å². The Kier molecular flexibility index (Phi) is 22.7. The fourth-order valence-corrected chi connectivity index (χ4v) is 4.44. The Hall–Kier alpha value is -4.26. The molecule has 3 aromatic carbocycles. The zero-order chi connectivity index (χ0) is 44.1. The molecule has 7 heteroatoms. The summed E-state index contributed by atoms with van der Waals surface area (Å²) in [6.07, 6.45) is 3.42. The Balaban J connectivity index is 0.00000102. The number of aryl methyl sites for hydroxylation is 1. The number of esters is 3. The molecule has 0 aliphatic rings. The van der Waals surface area contributed by atoms with Gasteiger partial charge < -0.3 is 14.2 Å². The van der Waals surface area contributed by atoms with Crippen LogP contribution in [0, 0.1) is 17.8 Å². The number of ketones is 1. The van der Waals surface area contributed by atoms with Crippen LogP contribution in [0.15, 0.2) is 84.9 Å². The quantitative estimate of drug-likeness (QED) is 0.108. The minimum atomic E-state index is -1.14. The monoisotopic (exact) mass is 789 g/mol. The van der Waals surface area contributed by atoms with Crippen molar-refractivity contribution >= 4 is 23.7 Å². The number of hydrogen-bond acceptors (Lipinski definition) is 7. The lowest BCUT2D eigenvalue weighted by atomic mass is 9.80. The molecule has 3 rings (SSSR count). The lowest BCUT2D eigenvalue weighted by molar-refractivity contribution is -0.161. The molecule has 57 heavy (non-hydrogen) atoms. The highest BCUT2D eigenvalue weighted by Crippen LogP contribution is 2.41. The highest BCUT2D eigenvalue weighted by atomic mass is 16.6. The minimum Gasteiger partial charge on any atom is -0.460 e. The molecule has 0 atom stereocenters. The third-order valence-electron chi connectivity index (χ3n) is 8.58. The van der Waals surface area contributed by atoms with Gasteiger partial charge in [0, 0.05) is 29.5 Å². The van der Waals surface area contributed by atoms with Crippen LogP contribution in [0.25, 0.3) is 0 Å². The molecule has 0 unspecified atom stereocenters. The highest BCUT2D eigenvalue weighted by Gasteiger charge is 2.40. The molecular weight excluding hydrogens is 713 g/mol. The van der Waals surface area contributed by atoms with Crippen LogP contribution >= 0.6 is 0 Å². The summed E-state index contributed by atoms with van der Waals surface area (Å²) in [5.41, 5.74) is 2.52. The molecule has 0 amide bonds. The van der Waals surface area contributed by atoms with Crippen LogP contribution in [0.5, 0.6) is 0 Å². The third-order valence-corrected chi connectivity index (χ3v) is 8.58. The standard InChI is InChI=1S/C28H30O4.C10H18O3.2C6H14/c1-21-15-17-24(18-16-21)28(22-11-7-5-8-12-22,23-13-9-6-10-14-23)32-26(30)20-19-25(29)31-27(2,3)4;1-5-8(11)6-7-9(12)13-10(2,3)4;2*1-5-6(2,3)4/h5-18H,19-20H2,1-4H3;5-7H2,1-4H3;2*5H2,1-4H3. The first-order chi connectivity index (χ1) is 26.2. The van der Waals surface area contributed by atoms with E-state index < -0.39 is 28.7 Å². The molecule has 0 heterocycles. The van der Waals surface area contributed by atoms with Gasteiger partial charge >= 0.3 is 17.9 Å². The van der Waals surface area contributed by atoms with E-state index in [2.05, 4.69) is 55.4 Å². The van der Waals surface area contributed by atoms with Crippen LogP contribution < -0.4 is 0 Å². The van der Waals surface area contributed by atoms with E-state index in [1.54, 1.807) is 27.7 Å². The van der Waals surface area contributed by atoms with Crippen molar-refractivity contribution in [2.75, 3.05) is 0 Å². The summed E-state index contributed by atoms with van der Waals surface area (Å²) in [5.74, 6) is -1.08. The fraction of sp³-hybridized carbons (Fsp3) is 0.560. The van der Waals surface area contributed by atoms with Gasteiger partial charge in [0.2, 0.25) is 0 Å². The van der Waals surface area contributed by atoms with Gasteiger partial charge in [-0.05, 0) is 59.3 Å². The van der Waals surface area contributed by atoms with E-state index in [0.717, 1.165) is 22.3 Å². The van der Waals surface area contributed by atoms with Crippen molar-refractivity contribution in [2.24, 2.45) is 10.8 Å². The second-order valence-electron chi connectivity index (χ2n) is 18.6. The maximum Gasteiger partial charge on any atom is 0.307 e. The Morgan fingerprint density at radius 2 is 0.737 bits per heavy atom. The third kappa shape index (κ3) is 24.2. The van der Waals surface area contributed by atoms with Crippen molar-refractivity contribution in [2.45, 2.75) is 173 Å². The predicted octanol–water partition coefficient (Wildman–Crippen LogP) is 12.9. The van der Waals surface area contributed by atoms with E-state index in [4.69, 9.17) is 14.2 Å². The van der Waals surface area contributed by atoms with Crippen molar-refractivity contribution in [3.63, 3.8) is 0 Å². The van der Waals surface area contributed by atoms with Crippen molar-refractivity contribution < 1.29 is 33.4 Å². The number of Topliss-reactive ketones (excluding diaryl/α,β-unsaturated/α-hetero) is 1. The summed E-state index contributed by atoms with van der Waals surface area (Å²) < 4.78 is 16.7. The molecule has 0 radical (unpaired) electrons. The van der Waals surface area contributed by atoms with Gasteiger partial charge in [-0.25, -0.2) is 0 Å². The zero-order valence-corrected chi connectivity index (χ0v) is 38.4. The van der Waals surface area contributed by atoms with E-state index in [-0.39, 0.29) is 31.0 Å². The first-order valence-corrected chi connectivity index (χ1v) is 20.5. The topological polar surface area (TPSA) is 96.0 Å².